The molecule has 6 nitrogen and oxygen atoms in total. The van der Waals surface area contributed by atoms with Crippen LogP contribution in [0.5, 0.6) is 0 Å². The van der Waals surface area contributed by atoms with Crippen LogP contribution in [0.25, 0.3) is 0 Å². The standard InChI is InChI=1S/C9H14N6/c1-6-3-2-4-7(14-6)5-13-9(12)15-8(10)11/h2-4H,5H2,1H3,(H6,10,11,12,13,15). The van der Waals surface area contributed by atoms with Crippen LogP contribution in [0.2, 0.25) is 0 Å². The van der Waals surface area contributed by atoms with Crippen LogP contribution in [0.3, 0.4) is 0 Å². The van der Waals surface area contributed by atoms with E-state index >= 15 is 0 Å². The summed E-state index contributed by atoms with van der Waals surface area (Å²) >= 11 is 0. The minimum atomic E-state index is -0.103. The fraction of sp³-hybridized carbons (Fsp3) is 0.222. The highest BCUT2D eigenvalue weighted by molar-refractivity contribution is 5.92. The van der Waals surface area contributed by atoms with E-state index in [4.69, 9.17) is 17.2 Å². The minimum Gasteiger partial charge on any atom is -0.370 e. The van der Waals surface area contributed by atoms with Crippen LogP contribution in [0.15, 0.2) is 28.2 Å². The molecule has 0 spiro atoms. The summed E-state index contributed by atoms with van der Waals surface area (Å²) in [7, 11) is 0. The number of aryl methyl sites for hydroxylation is 1. The van der Waals surface area contributed by atoms with Crippen molar-refractivity contribution in [3.05, 3.63) is 29.6 Å². The van der Waals surface area contributed by atoms with Gasteiger partial charge in [0, 0.05) is 5.69 Å². The lowest BCUT2D eigenvalue weighted by Gasteiger charge is -1.98. The lowest BCUT2D eigenvalue weighted by atomic mass is 10.3. The van der Waals surface area contributed by atoms with Crippen molar-refractivity contribution < 1.29 is 0 Å². The van der Waals surface area contributed by atoms with Crippen molar-refractivity contribution in [1.82, 2.24) is 4.98 Å². The molecule has 0 bridgehead atoms. The molecule has 0 radical (unpaired) electrons. The predicted octanol–water partition coefficient (Wildman–Crippen LogP) is -0.522. The Morgan fingerprint density at radius 3 is 2.67 bits per heavy atom. The van der Waals surface area contributed by atoms with Crippen molar-refractivity contribution in [3.63, 3.8) is 0 Å². The average molecular weight is 206 g/mol. The van der Waals surface area contributed by atoms with E-state index in [0.717, 1.165) is 11.4 Å². The fourth-order valence-corrected chi connectivity index (χ4v) is 1.02. The molecule has 1 aromatic rings. The van der Waals surface area contributed by atoms with E-state index in [2.05, 4.69) is 15.0 Å². The van der Waals surface area contributed by atoms with Gasteiger partial charge in [-0.3, -0.25) is 4.98 Å². The third-order valence-electron chi connectivity index (χ3n) is 1.59. The third-order valence-corrected chi connectivity index (χ3v) is 1.59. The van der Waals surface area contributed by atoms with Crippen LogP contribution in [-0.2, 0) is 6.54 Å². The summed E-state index contributed by atoms with van der Waals surface area (Å²) in [6, 6.07) is 5.68. The van der Waals surface area contributed by atoms with E-state index in [-0.39, 0.29) is 11.9 Å². The van der Waals surface area contributed by atoms with E-state index < -0.39 is 0 Å². The minimum absolute atomic E-state index is 0.0540. The molecule has 0 aromatic carbocycles. The Morgan fingerprint density at radius 2 is 2.07 bits per heavy atom. The summed E-state index contributed by atoms with van der Waals surface area (Å²) in [5, 5.41) is 0. The number of nitrogens with two attached hydrogens (primary N) is 3. The van der Waals surface area contributed by atoms with Crippen molar-refractivity contribution >= 4 is 11.9 Å². The molecule has 0 atom stereocenters. The molecule has 0 aliphatic heterocycles. The number of hydrogen-bond acceptors (Lipinski definition) is 2. The zero-order valence-corrected chi connectivity index (χ0v) is 8.51. The number of nitrogens with zero attached hydrogens (tertiary/aromatic N) is 3. The summed E-state index contributed by atoms with van der Waals surface area (Å²) in [5.74, 6) is -0.0493. The Labute approximate surface area is 87.9 Å². The van der Waals surface area contributed by atoms with Crippen LogP contribution < -0.4 is 17.2 Å². The number of guanidine groups is 2. The molecule has 1 aromatic heterocycles. The first kappa shape index (κ1) is 11.0. The Morgan fingerprint density at radius 1 is 1.33 bits per heavy atom. The van der Waals surface area contributed by atoms with Crippen molar-refractivity contribution in [2.45, 2.75) is 13.5 Å². The maximum absolute atomic E-state index is 5.44. The first-order valence-electron chi connectivity index (χ1n) is 4.40. The zero-order chi connectivity index (χ0) is 11.3. The lowest BCUT2D eigenvalue weighted by Crippen LogP contribution is -2.26. The topological polar surface area (TPSA) is 116 Å². The molecule has 6 N–H and O–H groups in total. The molecule has 0 aliphatic carbocycles. The number of hydrogen-bond donors (Lipinski definition) is 3. The van der Waals surface area contributed by atoms with Gasteiger partial charge in [0.1, 0.15) is 0 Å². The van der Waals surface area contributed by atoms with Gasteiger partial charge >= 0.3 is 0 Å². The van der Waals surface area contributed by atoms with Gasteiger partial charge in [0.15, 0.2) is 5.96 Å². The normalized spacial score (nSPS) is 11.1. The highest BCUT2D eigenvalue weighted by atomic mass is 15.1. The van der Waals surface area contributed by atoms with E-state index in [9.17, 15) is 0 Å². The maximum atomic E-state index is 5.44. The highest BCUT2D eigenvalue weighted by Crippen LogP contribution is 1.99. The van der Waals surface area contributed by atoms with Gasteiger partial charge in [-0.25, -0.2) is 4.99 Å². The number of rotatable bonds is 2. The SMILES string of the molecule is Cc1cccc(CN=C(N)N=C(N)N)n1. The number of aromatic nitrogens is 1. The van der Waals surface area contributed by atoms with Crippen molar-refractivity contribution in [2.75, 3.05) is 0 Å². The molecule has 0 amide bonds. The van der Waals surface area contributed by atoms with Crippen LogP contribution >= 0.6 is 0 Å². The summed E-state index contributed by atoms with van der Waals surface area (Å²) in [6.07, 6.45) is 0. The fourth-order valence-electron chi connectivity index (χ4n) is 1.02. The molecule has 6 heteroatoms. The molecule has 0 aliphatic rings. The van der Waals surface area contributed by atoms with Crippen LogP contribution in [0, 0.1) is 6.92 Å². The number of aliphatic imine (C=N–C) groups is 2. The van der Waals surface area contributed by atoms with Gasteiger partial charge < -0.3 is 17.2 Å². The van der Waals surface area contributed by atoms with Gasteiger partial charge in [-0.1, -0.05) is 6.07 Å². The molecule has 0 unspecified atom stereocenters. The van der Waals surface area contributed by atoms with E-state index in [0.29, 0.717) is 6.54 Å². The molecular weight excluding hydrogens is 192 g/mol. The van der Waals surface area contributed by atoms with Gasteiger partial charge in [0.25, 0.3) is 0 Å². The van der Waals surface area contributed by atoms with Crippen LogP contribution in [-0.4, -0.2) is 16.9 Å². The van der Waals surface area contributed by atoms with Gasteiger partial charge in [-0.15, -0.1) is 0 Å². The first-order chi connectivity index (χ1) is 7.08. The molecule has 1 rings (SSSR count). The molecule has 15 heavy (non-hydrogen) atoms. The second-order valence-corrected chi connectivity index (χ2v) is 2.98. The number of pyridine rings is 1. The smallest absolute Gasteiger partial charge is 0.218 e. The Kier molecular flexibility index (Phi) is 3.61. The summed E-state index contributed by atoms with van der Waals surface area (Å²) in [4.78, 5) is 11.8. The molecule has 0 saturated heterocycles. The van der Waals surface area contributed by atoms with Gasteiger partial charge in [0.2, 0.25) is 5.96 Å². The maximum Gasteiger partial charge on any atom is 0.218 e. The van der Waals surface area contributed by atoms with Crippen molar-refractivity contribution in [1.29, 1.82) is 0 Å². The third kappa shape index (κ3) is 4.08. The van der Waals surface area contributed by atoms with Crippen LogP contribution in [0.1, 0.15) is 11.4 Å². The largest absolute Gasteiger partial charge is 0.370 e. The molecule has 0 saturated carbocycles. The second kappa shape index (κ2) is 4.94. The second-order valence-electron chi connectivity index (χ2n) is 2.98. The van der Waals surface area contributed by atoms with E-state index in [1.807, 2.05) is 25.1 Å². The van der Waals surface area contributed by atoms with E-state index in [1.54, 1.807) is 0 Å². The molecule has 0 fully saturated rings. The lowest BCUT2D eigenvalue weighted by molar-refractivity contribution is 0.963. The zero-order valence-electron chi connectivity index (χ0n) is 8.51. The Bertz CT molecular complexity index is 391. The molecule has 80 valence electrons. The van der Waals surface area contributed by atoms with Crippen LogP contribution in [0.4, 0.5) is 0 Å². The monoisotopic (exact) mass is 206 g/mol. The summed E-state index contributed by atoms with van der Waals surface area (Å²) in [5.41, 5.74) is 17.5. The van der Waals surface area contributed by atoms with Crippen molar-refractivity contribution in [2.24, 2.45) is 27.2 Å². The van der Waals surface area contributed by atoms with Gasteiger partial charge in [-0.05, 0) is 19.1 Å². The first-order valence-corrected chi connectivity index (χ1v) is 4.40. The Hall–Kier alpha value is -2.11. The van der Waals surface area contributed by atoms with Gasteiger partial charge in [0.05, 0.1) is 12.2 Å². The summed E-state index contributed by atoms with van der Waals surface area (Å²) in [6.45, 7) is 2.27. The molecule has 1 heterocycles. The predicted molar refractivity (Wildman–Crippen MR) is 60.1 cm³/mol. The van der Waals surface area contributed by atoms with E-state index in [1.165, 1.54) is 0 Å². The summed E-state index contributed by atoms with van der Waals surface area (Å²) < 4.78 is 0. The quantitative estimate of drug-likeness (QED) is 0.446. The highest BCUT2D eigenvalue weighted by Gasteiger charge is 1.94. The Balaban J connectivity index is 2.68. The van der Waals surface area contributed by atoms with Crippen molar-refractivity contribution in [3.8, 4) is 0 Å². The van der Waals surface area contributed by atoms with Gasteiger partial charge in [-0.2, -0.15) is 4.99 Å². The molecular formula is C9H14N6. The average Bonchev–Trinajstić information content (AvgIpc) is 2.14.